The molecule has 6 nitrogen and oxygen atoms in total. The molecule has 0 N–H and O–H groups in total. The van der Waals surface area contributed by atoms with Crippen LogP contribution in [0.25, 0.3) is 77.2 Å². The second-order valence-corrected chi connectivity index (χ2v) is 13.6. The van der Waals surface area contributed by atoms with Crippen molar-refractivity contribution in [3.8, 4) is 33.9 Å². The lowest BCUT2D eigenvalue weighted by molar-refractivity contribution is 0.484. The lowest BCUT2D eigenvalue weighted by Gasteiger charge is -2.16. The molecule has 0 aliphatic heterocycles. The Morgan fingerprint density at radius 2 is 1.08 bits per heavy atom. The molecule has 10 rings (SSSR count). The summed E-state index contributed by atoms with van der Waals surface area (Å²) in [5.74, 6) is 1.48. The minimum Gasteiger partial charge on any atom is -0.457 e. The van der Waals surface area contributed by atoms with Crippen molar-refractivity contribution < 1.29 is 4.74 Å². The molecule has 0 atom stereocenters. The number of para-hydroxylation sites is 1. The number of benzene rings is 5. The zero-order valence-electron chi connectivity index (χ0n) is 28.8. The van der Waals surface area contributed by atoms with Gasteiger partial charge < -0.3 is 4.74 Å². The highest BCUT2D eigenvalue weighted by Gasteiger charge is 2.19. The summed E-state index contributed by atoms with van der Waals surface area (Å²) in [5.41, 5.74) is 13.4. The number of nitrogens with zero attached hydrogens (tertiary/aromatic N) is 5. The number of aryl methyl sites for hydroxylation is 4. The van der Waals surface area contributed by atoms with Crippen LogP contribution in [0.1, 0.15) is 22.3 Å². The predicted molar refractivity (Wildman–Crippen MR) is 208 cm³/mol. The van der Waals surface area contributed by atoms with Gasteiger partial charge in [0.05, 0.1) is 17.4 Å². The number of rotatable bonds is 4. The van der Waals surface area contributed by atoms with Crippen LogP contribution in [-0.4, -0.2) is 23.8 Å². The fourth-order valence-corrected chi connectivity index (χ4v) is 8.23. The third-order valence-corrected chi connectivity index (χ3v) is 10.4. The SMILES string of the molecule is Cc1cccc(C)c1-c1cccc2c3ccc(Oc4ccc5c6cccnc6n6c(-c7c(C)cccc7C)cnc6c5c4)cc3c3nccn3c12. The molecule has 0 saturated carbocycles. The third-order valence-electron chi connectivity index (χ3n) is 10.4. The van der Waals surface area contributed by atoms with Crippen molar-refractivity contribution >= 4 is 54.8 Å². The zero-order chi connectivity index (χ0) is 34.4. The Morgan fingerprint density at radius 1 is 0.490 bits per heavy atom. The van der Waals surface area contributed by atoms with E-state index in [1.807, 2.05) is 30.7 Å². The number of hydrogen-bond donors (Lipinski definition) is 0. The van der Waals surface area contributed by atoms with Gasteiger partial charge in [0.15, 0.2) is 0 Å². The fourth-order valence-electron chi connectivity index (χ4n) is 8.23. The van der Waals surface area contributed by atoms with E-state index in [0.29, 0.717) is 0 Å². The molecule has 5 aromatic heterocycles. The maximum absolute atomic E-state index is 6.66. The van der Waals surface area contributed by atoms with E-state index in [1.54, 1.807) is 0 Å². The lowest BCUT2D eigenvalue weighted by atomic mass is 9.92. The molecule has 0 spiro atoms. The summed E-state index contributed by atoms with van der Waals surface area (Å²) in [4.78, 5) is 14.7. The largest absolute Gasteiger partial charge is 0.457 e. The maximum Gasteiger partial charge on any atom is 0.146 e. The van der Waals surface area contributed by atoms with Gasteiger partial charge in [-0.3, -0.25) is 8.80 Å². The second-order valence-electron chi connectivity index (χ2n) is 13.6. The summed E-state index contributed by atoms with van der Waals surface area (Å²) in [7, 11) is 0. The summed E-state index contributed by atoms with van der Waals surface area (Å²) in [6.07, 6.45) is 7.77. The van der Waals surface area contributed by atoms with Gasteiger partial charge in [0.25, 0.3) is 0 Å². The number of fused-ring (bicyclic) bond motifs is 12. The quantitative estimate of drug-likeness (QED) is 0.176. The molecule has 0 fully saturated rings. The summed E-state index contributed by atoms with van der Waals surface area (Å²) >= 11 is 0. The number of ether oxygens (including phenoxy) is 1. The third kappa shape index (κ3) is 4.33. The molecule has 0 unspecified atom stereocenters. The predicted octanol–water partition coefficient (Wildman–Crippen LogP) is 11.3. The van der Waals surface area contributed by atoms with Crippen LogP contribution in [0.5, 0.6) is 11.5 Å². The Balaban J connectivity index is 1.14. The van der Waals surface area contributed by atoms with E-state index in [9.17, 15) is 0 Å². The van der Waals surface area contributed by atoms with Gasteiger partial charge in [-0.1, -0.05) is 54.6 Å². The van der Waals surface area contributed by atoms with Crippen molar-refractivity contribution in [3.63, 3.8) is 0 Å². The van der Waals surface area contributed by atoms with Gasteiger partial charge in [0.1, 0.15) is 28.4 Å². The molecule has 244 valence electrons. The van der Waals surface area contributed by atoms with Crippen molar-refractivity contribution in [1.82, 2.24) is 23.8 Å². The smallest absolute Gasteiger partial charge is 0.146 e. The first-order chi connectivity index (χ1) is 25.0. The monoisotopic (exact) mass is 659 g/mol. The highest BCUT2D eigenvalue weighted by atomic mass is 16.5. The Morgan fingerprint density at radius 3 is 1.80 bits per heavy atom. The molecule has 0 radical (unpaired) electrons. The average molecular weight is 660 g/mol. The second kappa shape index (κ2) is 11.0. The van der Waals surface area contributed by atoms with Crippen molar-refractivity contribution in [3.05, 3.63) is 150 Å². The lowest BCUT2D eigenvalue weighted by Crippen LogP contribution is -1.98. The molecule has 5 aromatic carbocycles. The number of aromatic nitrogens is 5. The first-order valence-electron chi connectivity index (χ1n) is 17.3. The maximum atomic E-state index is 6.66. The van der Waals surface area contributed by atoms with Crippen LogP contribution < -0.4 is 4.74 Å². The van der Waals surface area contributed by atoms with Crippen LogP contribution in [0.2, 0.25) is 0 Å². The highest BCUT2D eigenvalue weighted by molar-refractivity contribution is 6.16. The van der Waals surface area contributed by atoms with Crippen LogP contribution in [0, 0.1) is 27.7 Å². The number of imidazole rings is 2. The molecular weight excluding hydrogens is 627 g/mol. The van der Waals surface area contributed by atoms with Crippen LogP contribution in [0.3, 0.4) is 0 Å². The van der Waals surface area contributed by atoms with Gasteiger partial charge in [0, 0.05) is 51.3 Å². The molecular formula is C45H33N5O. The molecule has 6 heteroatoms. The fraction of sp³-hybridized carbons (Fsp3) is 0.0889. The van der Waals surface area contributed by atoms with Crippen molar-refractivity contribution in [2.45, 2.75) is 27.7 Å². The van der Waals surface area contributed by atoms with E-state index >= 15 is 0 Å². The van der Waals surface area contributed by atoms with Crippen LogP contribution >= 0.6 is 0 Å². The topological polar surface area (TPSA) is 56.7 Å². The van der Waals surface area contributed by atoms with E-state index in [0.717, 1.165) is 66.6 Å². The van der Waals surface area contributed by atoms with Gasteiger partial charge in [-0.15, -0.1) is 0 Å². The van der Waals surface area contributed by atoms with Crippen molar-refractivity contribution in [2.75, 3.05) is 0 Å². The standard InChI is InChI=1S/C45H33N5O/c1-26-9-5-10-27(2)40(26)36-14-7-13-34-32-18-16-30(23-37(32)43-47-21-22-49(43)42(34)36)51-31-17-19-33-35-15-8-20-46-44(35)50-39(25-48-45(50)38(33)24-31)41-28(3)11-6-12-29(41)4/h5-25H,1-4H3. The Kier molecular flexibility index (Phi) is 6.33. The Hall–Kier alpha value is -6.53. The zero-order valence-corrected chi connectivity index (χ0v) is 28.8. The first-order valence-corrected chi connectivity index (χ1v) is 17.3. The van der Waals surface area contributed by atoms with Gasteiger partial charge >= 0.3 is 0 Å². The summed E-state index contributed by atoms with van der Waals surface area (Å²) in [5, 5.41) is 6.51. The van der Waals surface area contributed by atoms with Crippen molar-refractivity contribution in [2.24, 2.45) is 0 Å². The van der Waals surface area contributed by atoms with Crippen LogP contribution in [0.4, 0.5) is 0 Å². The Labute approximate surface area is 294 Å². The van der Waals surface area contributed by atoms with E-state index in [2.05, 4.69) is 134 Å². The molecule has 0 amide bonds. The molecule has 0 saturated heterocycles. The average Bonchev–Trinajstić information content (AvgIpc) is 3.81. The van der Waals surface area contributed by atoms with E-state index in [-0.39, 0.29) is 0 Å². The normalized spacial score (nSPS) is 11.9. The molecule has 0 bridgehead atoms. The minimum atomic E-state index is 0.737. The first kappa shape index (κ1) is 29.4. The van der Waals surface area contributed by atoms with Gasteiger partial charge in [-0.05, 0) is 115 Å². The van der Waals surface area contributed by atoms with Gasteiger partial charge in [-0.25, -0.2) is 15.0 Å². The molecule has 0 aliphatic rings. The van der Waals surface area contributed by atoms with E-state index < -0.39 is 0 Å². The molecule has 0 aliphatic carbocycles. The van der Waals surface area contributed by atoms with Crippen LogP contribution in [-0.2, 0) is 0 Å². The van der Waals surface area contributed by atoms with E-state index in [4.69, 9.17) is 19.7 Å². The highest BCUT2D eigenvalue weighted by Crippen LogP contribution is 2.40. The van der Waals surface area contributed by atoms with E-state index in [1.165, 1.54) is 44.3 Å². The molecule has 5 heterocycles. The number of pyridine rings is 3. The van der Waals surface area contributed by atoms with Crippen LogP contribution in [0.15, 0.2) is 128 Å². The minimum absolute atomic E-state index is 0.737. The Bertz CT molecular complexity index is 3020. The molecule has 10 aromatic rings. The summed E-state index contributed by atoms with van der Waals surface area (Å²) in [6, 6.07) is 36.2. The number of hydrogen-bond acceptors (Lipinski definition) is 4. The molecule has 51 heavy (non-hydrogen) atoms. The van der Waals surface area contributed by atoms with Gasteiger partial charge in [0.2, 0.25) is 0 Å². The summed E-state index contributed by atoms with van der Waals surface area (Å²) in [6.45, 7) is 8.67. The summed E-state index contributed by atoms with van der Waals surface area (Å²) < 4.78 is 11.1. The van der Waals surface area contributed by atoms with Crippen molar-refractivity contribution in [1.29, 1.82) is 0 Å². The van der Waals surface area contributed by atoms with Gasteiger partial charge in [-0.2, -0.15) is 0 Å².